The van der Waals surface area contributed by atoms with Crippen LogP contribution in [0.4, 0.5) is 5.69 Å². The lowest BCUT2D eigenvalue weighted by Gasteiger charge is -2.04. The number of rotatable bonds is 5. The molecule has 0 fully saturated rings. The molecule has 0 atom stereocenters. The molecule has 1 aromatic heterocycles. The van der Waals surface area contributed by atoms with E-state index < -0.39 is 0 Å². The molecular formula is C16H14ClN3O2. The van der Waals surface area contributed by atoms with E-state index in [9.17, 15) is 0 Å². The Balaban J connectivity index is 1.65. The van der Waals surface area contributed by atoms with Gasteiger partial charge in [0.15, 0.2) is 0 Å². The van der Waals surface area contributed by atoms with E-state index in [1.165, 1.54) is 0 Å². The summed E-state index contributed by atoms with van der Waals surface area (Å²) >= 11 is 5.86. The smallest absolute Gasteiger partial charge is 0.247 e. The third-order valence-electron chi connectivity index (χ3n) is 3.09. The van der Waals surface area contributed by atoms with Crippen molar-refractivity contribution >= 4 is 17.3 Å². The predicted molar refractivity (Wildman–Crippen MR) is 85.1 cm³/mol. The molecule has 0 bridgehead atoms. The summed E-state index contributed by atoms with van der Waals surface area (Å²) < 4.78 is 10.7. The Bertz CT molecular complexity index is 739. The molecule has 3 aromatic rings. The van der Waals surface area contributed by atoms with Crippen LogP contribution in [-0.4, -0.2) is 17.3 Å². The molecule has 6 heteroatoms. The van der Waals surface area contributed by atoms with E-state index in [4.69, 9.17) is 20.8 Å². The van der Waals surface area contributed by atoms with Crippen LogP contribution in [0.2, 0.25) is 5.02 Å². The highest BCUT2D eigenvalue weighted by Gasteiger charge is 2.08. The van der Waals surface area contributed by atoms with Crippen LogP contribution in [-0.2, 0) is 6.54 Å². The molecule has 3 rings (SSSR count). The number of nitrogens with zero attached hydrogens (tertiary/aromatic N) is 2. The van der Waals surface area contributed by atoms with E-state index in [1.54, 1.807) is 19.2 Å². The molecule has 0 radical (unpaired) electrons. The number of aromatic nitrogens is 2. The molecule has 0 aliphatic heterocycles. The fourth-order valence-electron chi connectivity index (χ4n) is 1.92. The summed E-state index contributed by atoms with van der Waals surface area (Å²) in [5, 5.41) is 11.9. The number of benzene rings is 2. The number of methoxy groups -OCH3 is 1. The van der Waals surface area contributed by atoms with Crippen LogP contribution in [0.1, 0.15) is 5.89 Å². The van der Waals surface area contributed by atoms with Gasteiger partial charge in [-0.2, -0.15) is 0 Å². The molecule has 0 spiro atoms. The van der Waals surface area contributed by atoms with Gasteiger partial charge in [0.2, 0.25) is 11.8 Å². The van der Waals surface area contributed by atoms with Gasteiger partial charge >= 0.3 is 0 Å². The molecular weight excluding hydrogens is 302 g/mol. The molecule has 0 saturated carbocycles. The van der Waals surface area contributed by atoms with Gasteiger partial charge in [0.25, 0.3) is 0 Å². The van der Waals surface area contributed by atoms with Crippen LogP contribution in [0.5, 0.6) is 5.75 Å². The predicted octanol–water partition coefficient (Wildman–Crippen LogP) is 4.01. The van der Waals surface area contributed by atoms with E-state index in [-0.39, 0.29) is 0 Å². The number of ether oxygens (including phenoxy) is 1. The van der Waals surface area contributed by atoms with Crippen molar-refractivity contribution in [1.82, 2.24) is 10.2 Å². The van der Waals surface area contributed by atoms with Crippen LogP contribution in [0.3, 0.4) is 0 Å². The summed E-state index contributed by atoms with van der Waals surface area (Å²) in [6.45, 7) is 0.451. The van der Waals surface area contributed by atoms with Crippen molar-refractivity contribution < 1.29 is 9.15 Å². The van der Waals surface area contributed by atoms with Gasteiger partial charge in [-0.1, -0.05) is 11.6 Å². The Kier molecular flexibility index (Phi) is 4.25. The molecule has 1 heterocycles. The first-order valence-electron chi connectivity index (χ1n) is 6.71. The normalized spacial score (nSPS) is 10.5. The monoisotopic (exact) mass is 315 g/mol. The molecule has 112 valence electrons. The summed E-state index contributed by atoms with van der Waals surface area (Å²) in [6, 6.07) is 14.9. The molecule has 0 amide bonds. The fourth-order valence-corrected chi connectivity index (χ4v) is 2.05. The highest BCUT2D eigenvalue weighted by molar-refractivity contribution is 6.30. The summed E-state index contributed by atoms with van der Waals surface area (Å²) in [4.78, 5) is 0. The minimum absolute atomic E-state index is 0.451. The highest BCUT2D eigenvalue weighted by Crippen LogP contribution is 2.21. The third kappa shape index (κ3) is 3.38. The Morgan fingerprint density at radius 3 is 2.45 bits per heavy atom. The summed E-state index contributed by atoms with van der Waals surface area (Å²) in [5.74, 6) is 1.80. The zero-order chi connectivity index (χ0) is 15.4. The van der Waals surface area contributed by atoms with E-state index >= 15 is 0 Å². The SMILES string of the molecule is COc1ccc(NCc2nnc(-c3ccc(Cl)cc3)o2)cc1. The first-order chi connectivity index (χ1) is 10.7. The largest absolute Gasteiger partial charge is 0.497 e. The van der Waals surface area contributed by atoms with E-state index in [1.807, 2.05) is 36.4 Å². The maximum Gasteiger partial charge on any atom is 0.247 e. The van der Waals surface area contributed by atoms with Gasteiger partial charge < -0.3 is 14.5 Å². The minimum atomic E-state index is 0.451. The number of halogens is 1. The van der Waals surface area contributed by atoms with Gasteiger partial charge in [-0.15, -0.1) is 10.2 Å². The van der Waals surface area contributed by atoms with E-state index in [0.29, 0.717) is 23.3 Å². The van der Waals surface area contributed by atoms with Gasteiger partial charge in [-0.05, 0) is 48.5 Å². The van der Waals surface area contributed by atoms with Gasteiger partial charge in [0.1, 0.15) is 5.75 Å². The number of hydrogen-bond donors (Lipinski definition) is 1. The maximum absolute atomic E-state index is 5.86. The Morgan fingerprint density at radius 2 is 1.77 bits per heavy atom. The molecule has 0 unspecified atom stereocenters. The zero-order valence-electron chi connectivity index (χ0n) is 11.9. The van der Waals surface area contributed by atoms with Crippen molar-refractivity contribution in [3.8, 4) is 17.2 Å². The topological polar surface area (TPSA) is 60.2 Å². The van der Waals surface area contributed by atoms with E-state index in [2.05, 4.69) is 15.5 Å². The molecule has 1 N–H and O–H groups in total. The Labute approximate surface area is 132 Å². The first kappa shape index (κ1) is 14.4. The zero-order valence-corrected chi connectivity index (χ0v) is 12.7. The van der Waals surface area contributed by atoms with Crippen LogP contribution < -0.4 is 10.1 Å². The quantitative estimate of drug-likeness (QED) is 0.770. The molecule has 22 heavy (non-hydrogen) atoms. The van der Waals surface area contributed by atoms with Crippen molar-refractivity contribution in [2.24, 2.45) is 0 Å². The number of hydrogen-bond acceptors (Lipinski definition) is 5. The van der Waals surface area contributed by atoms with Crippen molar-refractivity contribution in [2.45, 2.75) is 6.54 Å². The van der Waals surface area contributed by atoms with Crippen LogP contribution in [0, 0.1) is 0 Å². The van der Waals surface area contributed by atoms with Gasteiger partial charge in [-0.25, -0.2) is 0 Å². The standard InChI is InChI=1S/C16H14ClN3O2/c1-21-14-8-6-13(7-9-14)18-10-15-19-20-16(22-15)11-2-4-12(17)5-3-11/h2-9,18H,10H2,1H3. The average Bonchev–Trinajstić information content (AvgIpc) is 3.03. The minimum Gasteiger partial charge on any atom is -0.497 e. The third-order valence-corrected chi connectivity index (χ3v) is 3.34. The number of anilines is 1. The Hall–Kier alpha value is -2.53. The first-order valence-corrected chi connectivity index (χ1v) is 7.08. The second-order valence-electron chi connectivity index (χ2n) is 4.59. The van der Waals surface area contributed by atoms with Crippen molar-refractivity contribution in [3.05, 3.63) is 59.4 Å². The Morgan fingerprint density at radius 1 is 1.05 bits per heavy atom. The maximum atomic E-state index is 5.86. The molecule has 0 saturated heterocycles. The molecule has 5 nitrogen and oxygen atoms in total. The van der Waals surface area contributed by atoms with Crippen LogP contribution in [0.25, 0.3) is 11.5 Å². The lowest BCUT2D eigenvalue weighted by molar-refractivity contribution is 0.415. The number of nitrogens with one attached hydrogen (secondary N) is 1. The van der Waals surface area contributed by atoms with Gasteiger partial charge in [-0.3, -0.25) is 0 Å². The second kappa shape index (κ2) is 6.49. The van der Waals surface area contributed by atoms with Crippen molar-refractivity contribution in [1.29, 1.82) is 0 Å². The highest BCUT2D eigenvalue weighted by atomic mass is 35.5. The van der Waals surface area contributed by atoms with Crippen molar-refractivity contribution in [3.63, 3.8) is 0 Å². The van der Waals surface area contributed by atoms with E-state index in [0.717, 1.165) is 17.0 Å². The lowest BCUT2D eigenvalue weighted by Crippen LogP contribution is -1.99. The lowest BCUT2D eigenvalue weighted by atomic mass is 10.2. The molecule has 2 aromatic carbocycles. The summed E-state index contributed by atoms with van der Waals surface area (Å²) in [6.07, 6.45) is 0. The average molecular weight is 316 g/mol. The second-order valence-corrected chi connectivity index (χ2v) is 5.03. The van der Waals surface area contributed by atoms with Gasteiger partial charge in [0, 0.05) is 16.3 Å². The van der Waals surface area contributed by atoms with Crippen LogP contribution >= 0.6 is 11.6 Å². The van der Waals surface area contributed by atoms with Crippen LogP contribution in [0.15, 0.2) is 52.9 Å². The summed E-state index contributed by atoms with van der Waals surface area (Å²) in [7, 11) is 1.64. The summed E-state index contributed by atoms with van der Waals surface area (Å²) in [5.41, 5.74) is 1.79. The van der Waals surface area contributed by atoms with Crippen molar-refractivity contribution in [2.75, 3.05) is 12.4 Å². The van der Waals surface area contributed by atoms with Gasteiger partial charge in [0.05, 0.1) is 13.7 Å². The molecule has 0 aliphatic carbocycles. The fraction of sp³-hybridized carbons (Fsp3) is 0.125. The molecule has 0 aliphatic rings.